The third-order valence-electron chi connectivity index (χ3n) is 2.72. The minimum Gasteiger partial charge on any atom is -0.237 e. The van der Waals surface area contributed by atoms with E-state index in [1.165, 1.54) is 0 Å². The van der Waals surface area contributed by atoms with Crippen LogP contribution in [0.1, 0.15) is 13.8 Å². The molecule has 0 aromatic heterocycles. The summed E-state index contributed by atoms with van der Waals surface area (Å²) in [5.74, 6) is 0.476. The minimum atomic E-state index is -1.30. The van der Waals surface area contributed by atoms with Crippen LogP contribution in [0.2, 0.25) is 15.1 Å². The molecule has 0 bridgehead atoms. The van der Waals surface area contributed by atoms with Crippen LogP contribution in [0, 0.1) is 5.92 Å². The highest BCUT2D eigenvalue weighted by molar-refractivity contribution is 7.83. The van der Waals surface area contributed by atoms with Crippen molar-refractivity contribution in [3.63, 3.8) is 0 Å². The fraction of sp³-hybridized carbons (Fsp3) is 0.455. The van der Waals surface area contributed by atoms with Crippen LogP contribution in [0.25, 0.3) is 0 Å². The Morgan fingerprint density at radius 1 is 1.29 bits per heavy atom. The van der Waals surface area contributed by atoms with Crippen molar-refractivity contribution >= 4 is 45.8 Å². The van der Waals surface area contributed by atoms with Crippen LogP contribution in [-0.4, -0.2) is 21.1 Å². The quantitative estimate of drug-likeness (QED) is 0.772. The van der Waals surface area contributed by atoms with Crippen LogP contribution in [0.5, 0.6) is 0 Å². The fourth-order valence-corrected chi connectivity index (χ4v) is 4.36. The van der Waals surface area contributed by atoms with Gasteiger partial charge >= 0.3 is 0 Å². The molecule has 1 heterocycles. The molecule has 1 aliphatic rings. The average molecular weight is 313 g/mol. The van der Waals surface area contributed by atoms with Gasteiger partial charge in [0.05, 0.1) is 14.9 Å². The van der Waals surface area contributed by atoms with Crippen molar-refractivity contribution in [3.8, 4) is 0 Å². The van der Waals surface area contributed by atoms with Crippen molar-refractivity contribution in [1.29, 1.82) is 0 Å². The van der Waals surface area contributed by atoms with E-state index in [0.717, 1.165) is 6.54 Å². The normalized spacial score (nSPS) is 25.1. The molecule has 1 aromatic rings. The Labute approximate surface area is 118 Å². The highest BCUT2D eigenvalue weighted by atomic mass is 35.5. The summed E-state index contributed by atoms with van der Waals surface area (Å²) in [5.41, 5.74) is 0. The summed E-state index contributed by atoms with van der Waals surface area (Å²) in [4.78, 5) is 0.459. The van der Waals surface area contributed by atoms with Crippen molar-refractivity contribution < 1.29 is 4.21 Å². The lowest BCUT2D eigenvalue weighted by Crippen LogP contribution is -2.11. The molecule has 2 nitrogen and oxygen atoms in total. The van der Waals surface area contributed by atoms with Gasteiger partial charge in [0.15, 0.2) is 0 Å². The molecule has 0 saturated carbocycles. The van der Waals surface area contributed by atoms with Gasteiger partial charge in [0.25, 0.3) is 0 Å². The summed E-state index contributed by atoms with van der Waals surface area (Å²) in [5, 5.41) is 1.16. The predicted octanol–water partition coefficient (Wildman–Crippen LogP) is 4.01. The zero-order valence-electron chi connectivity index (χ0n) is 9.41. The molecule has 0 radical (unpaired) electrons. The Kier molecular flexibility index (Phi) is 4.06. The Balaban J connectivity index is 2.27. The molecule has 1 fully saturated rings. The monoisotopic (exact) mass is 311 g/mol. The number of benzene rings is 1. The molecule has 0 spiro atoms. The molecular formula is C11H12Cl3NOS. The minimum absolute atomic E-state index is 0.346. The summed E-state index contributed by atoms with van der Waals surface area (Å²) in [6.45, 7) is 5.03. The largest absolute Gasteiger partial charge is 0.237 e. The Bertz CT molecular complexity index is 455. The van der Waals surface area contributed by atoms with Gasteiger partial charge in [-0.25, -0.2) is 8.51 Å². The molecule has 1 saturated heterocycles. The SMILES string of the molecule is CC(C)C1CN1S(=O)c1c(Cl)cc(Cl)cc1Cl. The zero-order valence-corrected chi connectivity index (χ0v) is 12.5. The van der Waals surface area contributed by atoms with Gasteiger partial charge in [-0.05, 0) is 18.1 Å². The van der Waals surface area contributed by atoms with E-state index in [-0.39, 0.29) is 0 Å². The van der Waals surface area contributed by atoms with Crippen LogP contribution in [-0.2, 0) is 11.0 Å². The van der Waals surface area contributed by atoms with E-state index in [4.69, 9.17) is 34.8 Å². The Morgan fingerprint density at radius 3 is 2.24 bits per heavy atom. The van der Waals surface area contributed by atoms with E-state index in [0.29, 0.717) is 31.9 Å². The maximum atomic E-state index is 12.3. The lowest BCUT2D eigenvalue weighted by atomic mass is 10.1. The van der Waals surface area contributed by atoms with Gasteiger partial charge in [-0.15, -0.1) is 0 Å². The van der Waals surface area contributed by atoms with E-state index < -0.39 is 11.0 Å². The first-order valence-electron chi connectivity index (χ1n) is 5.25. The third kappa shape index (κ3) is 2.79. The molecule has 0 N–H and O–H groups in total. The van der Waals surface area contributed by atoms with Gasteiger partial charge in [-0.2, -0.15) is 0 Å². The smallest absolute Gasteiger partial charge is 0.131 e. The molecule has 94 valence electrons. The van der Waals surface area contributed by atoms with Crippen molar-refractivity contribution in [2.24, 2.45) is 5.92 Å². The van der Waals surface area contributed by atoms with Crippen molar-refractivity contribution in [1.82, 2.24) is 4.31 Å². The van der Waals surface area contributed by atoms with Crippen LogP contribution >= 0.6 is 34.8 Å². The number of rotatable bonds is 3. The summed E-state index contributed by atoms with van der Waals surface area (Å²) in [7, 11) is -1.30. The maximum absolute atomic E-state index is 12.3. The molecule has 0 amide bonds. The van der Waals surface area contributed by atoms with E-state index in [9.17, 15) is 4.21 Å². The van der Waals surface area contributed by atoms with Gasteiger partial charge in [0.2, 0.25) is 0 Å². The van der Waals surface area contributed by atoms with Crippen LogP contribution in [0.3, 0.4) is 0 Å². The van der Waals surface area contributed by atoms with Gasteiger partial charge in [0, 0.05) is 17.6 Å². The molecule has 17 heavy (non-hydrogen) atoms. The molecule has 0 aliphatic carbocycles. The van der Waals surface area contributed by atoms with E-state index >= 15 is 0 Å². The zero-order chi connectivity index (χ0) is 12.7. The summed E-state index contributed by atoms with van der Waals surface area (Å²) in [6, 6.07) is 3.48. The van der Waals surface area contributed by atoms with E-state index in [1.807, 2.05) is 4.31 Å². The summed E-state index contributed by atoms with van der Waals surface area (Å²) in [6.07, 6.45) is 0. The molecule has 1 aliphatic heterocycles. The number of hydrogen-bond acceptors (Lipinski definition) is 1. The fourth-order valence-electron chi connectivity index (χ4n) is 1.68. The molecule has 3 atom stereocenters. The van der Waals surface area contributed by atoms with Gasteiger partial charge < -0.3 is 0 Å². The Morgan fingerprint density at radius 2 is 1.82 bits per heavy atom. The van der Waals surface area contributed by atoms with Gasteiger partial charge in [-0.3, -0.25) is 0 Å². The molecule has 3 unspecified atom stereocenters. The van der Waals surface area contributed by atoms with E-state index in [1.54, 1.807) is 12.1 Å². The van der Waals surface area contributed by atoms with Crippen LogP contribution in [0.15, 0.2) is 17.0 Å². The second-order valence-electron chi connectivity index (χ2n) is 4.36. The van der Waals surface area contributed by atoms with Crippen molar-refractivity contribution in [3.05, 3.63) is 27.2 Å². The summed E-state index contributed by atoms with van der Waals surface area (Å²) >= 11 is 17.9. The highest BCUT2D eigenvalue weighted by Crippen LogP contribution is 2.37. The molecule has 6 heteroatoms. The predicted molar refractivity (Wildman–Crippen MR) is 73.2 cm³/mol. The first kappa shape index (κ1) is 13.6. The van der Waals surface area contributed by atoms with Gasteiger partial charge in [-0.1, -0.05) is 48.7 Å². The second kappa shape index (κ2) is 5.06. The lowest BCUT2D eigenvalue weighted by Gasteiger charge is -2.09. The third-order valence-corrected chi connectivity index (χ3v) is 5.40. The maximum Gasteiger partial charge on any atom is 0.131 e. The van der Waals surface area contributed by atoms with Crippen LogP contribution in [0.4, 0.5) is 0 Å². The van der Waals surface area contributed by atoms with Crippen molar-refractivity contribution in [2.75, 3.05) is 6.54 Å². The highest BCUT2D eigenvalue weighted by Gasteiger charge is 2.42. The number of hydrogen-bond donors (Lipinski definition) is 0. The molecule has 2 rings (SSSR count). The standard InChI is InChI=1S/C11H12Cl3NOS/c1-6(2)10-5-15(10)17(16)11-8(13)3-7(12)4-9(11)14/h3-4,6,10H,5H2,1-2H3. The topological polar surface area (TPSA) is 20.1 Å². The van der Waals surface area contributed by atoms with Gasteiger partial charge in [0.1, 0.15) is 11.0 Å². The molecule has 1 aromatic carbocycles. The van der Waals surface area contributed by atoms with Crippen molar-refractivity contribution in [2.45, 2.75) is 24.8 Å². The molecular weight excluding hydrogens is 301 g/mol. The average Bonchev–Trinajstić information content (AvgIpc) is 2.94. The first-order valence-corrected chi connectivity index (χ1v) is 7.49. The van der Waals surface area contributed by atoms with E-state index in [2.05, 4.69) is 13.8 Å². The number of nitrogens with zero attached hydrogens (tertiary/aromatic N) is 1. The second-order valence-corrected chi connectivity index (χ2v) is 6.99. The lowest BCUT2D eigenvalue weighted by molar-refractivity contribution is 0.562. The number of halogens is 3. The van der Waals surface area contributed by atoms with Crippen LogP contribution < -0.4 is 0 Å². The first-order chi connectivity index (χ1) is 7.91. The Hall–Kier alpha value is 0.200. The summed E-state index contributed by atoms with van der Waals surface area (Å²) < 4.78 is 14.2.